The van der Waals surface area contributed by atoms with E-state index < -0.39 is 0 Å². The van der Waals surface area contributed by atoms with E-state index in [4.69, 9.17) is 0 Å². The maximum Gasteiger partial charge on any atom is 0.259 e. The van der Waals surface area contributed by atoms with Crippen molar-refractivity contribution in [1.82, 2.24) is 5.32 Å². The molecule has 0 spiro atoms. The van der Waals surface area contributed by atoms with Gasteiger partial charge >= 0.3 is 0 Å². The number of rotatable bonds is 8. The summed E-state index contributed by atoms with van der Waals surface area (Å²) in [5.74, 6) is -0.573. The van der Waals surface area contributed by atoms with Crippen molar-refractivity contribution in [3.63, 3.8) is 0 Å². The predicted molar refractivity (Wildman–Crippen MR) is 144 cm³/mol. The Kier molecular flexibility index (Phi) is 8.31. The lowest BCUT2D eigenvalue weighted by molar-refractivity contribution is -0.127. The number of hydrogen-bond acceptors (Lipinski definition) is 2. The highest BCUT2D eigenvalue weighted by Crippen LogP contribution is 2.36. The normalized spacial score (nSPS) is 16.2. The van der Waals surface area contributed by atoms with Crippen LogP contribution in [0.1, 0.15) is 79.3 Å². The van der Waals surface area contributed by atoms with E-state index in [0.29, 0.717) is 12.0 Å². The Morgan fingerprint density at radius 3 is 1.77 bits per heavy atom. The van der Waals surface area contributed by atoms with Gasteiger partial charge in [-0.15, -0.1) is 0 Å². The highest BCUT2D eigenvalue weighted by Gasteiger charge is 2.25. The van der Waals surface area contributed by atoms with Crippen molar-refractivity contribution in [3.05, 3.63) is 106 Å². The Bertz CT molecular complexity index is 1200. The molecule has 0 unspecified atom stereocenters. The fourth-order valence-electron chi connectivity index (χ4n) is 4.74. The number of carbonyl (C=O) groups excluding carboxylic acids is 2. The number of carbonyl (C=O) groups is 2. The van der Waals surface area contributed by atoms with Crippen LogP contribution >= 0.6 is 0 Å². The summed E-state index contributed by atoms with van der Waals surface area (Å²) in [5, 5.41) is 2.66. The van der Waals surface area contributed by atoms with E-state index in [2.05, 4.69) is 67.7 Å². The topological polar surface area (TPSA) is 46.2 Å². The Morgan fingerprint density at radius 2 is 1.20 bits per heavy atom. The van der Waals surface area contributed by atoms with Crippen molar-refractivity contribution < 1.29 is 9.59 Å². The number of benzene rings is 3. The molecule has 0 saturated carbocycles. The number of imide groups is 1. The van der Waals surface area contributed by atoms with Crippen LogP contribution in [-0.2, 0) is 28.9 Å². The van der Waals surface area contributed by atoms with E-state index >= 15 is 0 Å². The summed E-state index contributed by atoms with van der Waals surface area (Å²) < 4.78 is 0. The van der Waals surface area contributed by atoms with Crippen LogP contribution in [0.25, 0.3) is 11.1 Å². The van der Waals surface area contributed by atoms with Gasteiger partial charge in [0.15, 0.2) is 0 Å². The molecule has 0 aliphatic carbocycles. The van der Waals surface area contributed by atoms with Crippen molar-refractivity contribution >= 4 is 23.0 Å². The molecule has 180 valence electrons. The van der Waals surface area contributed by atoms with Gasteiger partial charge in [0.25, 0.3) is 5.91 Å². The summed E-state index contributed by atoms with van der Waals surface area (Å²) in [6.45, 7) is 4.39. The van der Waals surface area contributed by atoms with Crippen LogP contribution in [0, 0.1) is 0 Å². The fourth-order valence-corrected chi connectivity index (χ4v) is 4.74. The zero-order valence-electron chi connectivity index (χ0n) is 20.9. The van der Waals surface area contributed by atoms with Gasteiger partial charge in [0.05, 0.1) is 5.57 Å². The molecule has 3 nitrogen and oxygen atoms in total. The molecule has 1 N–H and O–H groups in total. The second-order valence-corrected chi connectivity index (χ2v) is 9.39. The molecule has 0 aromatic heterocycles. The van der Waals surface area contributed by atoms with Crippen LogP contribution in [0.4, 0.5) is 0 Å². The first kappa shape index (κ1) is 24.7. The standard InChI is InChI=1S/C32H35NO2/c1-3-5-9-23-13-17-26(18-14-23)30-28-12-8-7-11-25(28)21-22-29(34)33-32(35)31(30)27-19-15-24(16-20-27)10-6-4-2/h7-8,11-20H,3-6,9-10,21-22H2,1-2H3,(H,33,34,35)/b31-30-. The number of unbranched alkanes of at least 4 members (excludes halogenated alkanes) is 2. The number of amides is 2. The van der Waals surface area contributed by atoms with E-state index in [-0.39, 0.29) is 18.2 Å². The zero-order valence-corrected chi connectivity index (χ0v) is 20.9. The molecule has 4 rings (SSSR count). The van der Waals surface area contributed by atoms with Gasteiger partial charge in [-0.05, 0) is 65.5 Å². The third-order valence-corrected chi connectivity index (χ3v) is 6.76. The molecule has 0 fully saturated rings. The average molecular weight is 466 g/mol. The first-order valence-electron chi connectivity index (χ1n) is 13.0. The Balaban J connectivity index is 1.91. The zero-order chi connectivity index (χ0) is 24.6. The quantitative estimate of drug-likeness (QED) is 0.367. The molecule has 0 saturated heterocycles. The SMILES string of the molecule is CCCCc1ccc(/C2=C(\c3ccc(CCCC)cc3)c3ccccc3CCC(=O)NC2=O)cc1. The molecule has 1 aliphatic rings. The summed E-state index contributed by atoms with van der Waals surface area (Å²) >= 11 is 0. The van der Waals surface area contributed by atoms with Crippen molar-refractivity contribution in [3.8, 4) is 0 Å². The summed E-state index contributed by atoms with van der Waals surface area (Å²) in [7, 11) is 0. The van der Waals surface area contributed by atoms with E-state index in [0.717, 1.165) is 66.4 Å². The van der Waals surface area contributed by atoms with Crippen molar-refractivity contribution in [2.75, 3.05) is 0 Å². The van der Waals surface area contributed by atoms with Gasteiger partial charge in [0, 0.05) is 12.0 Å². The number of fused-ring (bicyclic) bond motifs is 1. The molecule has 3 aromatic rings. The predicted octanol–water partition coefficient (Wildman–Crippen LogP) is 6.92. The minimum absolute atomic E-state index is 0.238. The van der Waals surface area contributed by atoms with Crippen LogP contribution in [0.2, 0.25) is 0 Å². The molecule has 2 amide bonds. The van der Waals surface area contributed by atoms with E-state index in [1.54, 1.807) is 0 Å². The Morgan fingerprint density at radius 1 is 0.657 bits per heavy atom. The van der Waals surface area contributed by atoms with Crippen LogP contribution in [-0.4, -0.2) is 11.8 Å². The molecule has 0 radical (unpaired) electrons. The minimum Gasteiger partial charge on any atom is -0.292 e. The van der Waals surface area contributed by atoms with Crippen LogP contribution in [0.3, 0.4) is 0 Å². The summed E-state index contributed by atoms with van der Waals surface area (Å²) in [5.41, 5.74) is 7.92. The van der Waals surface area contributed by atoms with Gasteiger partial charge in [0.1, 0.15) is 0 Å². The number of hydrogen-bond donors (Lipinski definition) is 1. The summed E-state index contributed by atoms with van der Waals surface area (Å²) in [6, 6.07) is 25.0. The molecule has 0 atom stereocenters. The highest BCUT2D eigenvalue weighted by molar-refractivity contribution is 6.31. The van der Waals surface area contributed by atoms with Gasteiger partial charge in [-0.1, -0.05) is 99.5 Å². The number of aryl methyl sites for hydroxylation is 3. The van der Waals surface area contributed by atoms with Crippen molar-refractivity contribution in [1.29, 1.82) is 0 Å². The average Bonchev–Trinajstić information content (AvgIpc) is 2.94. The lowest BCUT2D eigenvalue weighted by Gasteiger charge is -2.18. The molecule has 1 heterocycles. The Labute approximate surface area is 209 Å². The maximum absolute atomic E-state index is 13.6. The van der Waals surface area contributed by atoms with Gasteiger partial charge in [-0.2, -0.15) is 0 Å². The van der Waals surface area contributed by atoms with Crippen LogP contribution in [0.5, 0.6) is 0 Å². The van der Waals surface area contributed by atoms with Gasteiger partial charge in [0.2, 0.25) is 5.91 Å². The molecule has 3 aromatic carbocycles. The lowest BCUT2D eigenvalue weighted by atomic mass is 9.85. The maximum atomic E-state index is 13.6. The largest absolute Gasteiger partial charge is 0.292 e. The van der Waals surface area contributed by atoms with Gasteiger partial charge in [-0.3, -0.25) is 14.9 Å². The van der Waals surface area contributed by atoms with Crippen LogP contribution in [0.15, 0.2) is 72.8 Å². The smallest absolute Gasteiger partial charge is 0.259 e. The third kappa shape index (κ3) is 5.97. The van der Waals surface area contributed by atoms with Crippen molar-refractivity contribution in [2.24, 2.45) is 0 Å². The number of nitrogens with one attached hydrogen (secondary N) is 1. The second kappa shape index (κ2) is 11.8. The van der Waals surface area contributed by atoms with E-state index in [1.165, 1.54) is 11.1 Å². The highest BCUT2D eigenvalue weighted by atomic mass is 16.2. The first-order valence-corrected chi connectivity index (χ1v) is 13.0. The van der Waals surface area contributed by atoms with Gasteiger partial charge < -0.3 is 0 Å². The third-order valence-electron chi connectivity index (χ3n) is 6.76. The molecule has 3 heteroatoms. The molecule has 0 bridgehead atoms. The Hall–Kier alpha value is -3.46. The molecular weight excluding hydrogens is 430 g/mol. The van der Waals surface area contributed by atoms with E-state index in [9.17, 15) is 9.59 Å². The molecule has 1 aliphatic heterocycles. The summed E-state index contributed by atoms with van der Waals surface area (Å²) in [4.78, 5) is 26.2. The lowest BCUT2D eigenvalue weighted by Crippen LogP contribution is -2.31. The monoisotopic (exact) mass is 465 g/mol. The summed E-state index contributed by atoms with van der Waals surface area (Å²) in [6.07, 6.45) is 7.55. The first-order chi connectivity index (χ1) is 17.1. The molecule has 35 heavy (non-hydrogen) atoms. The molecular formula is C32H35NO2. The second-order valence-electron chi connectivity index (χ2n) is 9.39. The minimum atomic E-state index is -0.335. The van der Waals surface area contributed by atoms with Crippen molar-refractivity contribution in [2.45, 2.75) is 65.2 Å². The van der Waals surface area contributed by atoms with Gasteiger partial charge in [-0.25, -0.2) is 0 Å². The van der Waals surface area contributed by atoms with E-state index in [1.807, 2.05) is 24.3 Å². The van der Waals surface area contributed by atoms with Crippen LogP contribution < -0.4 is 5.32 Å². The fraction of sp³-hybridized carbons (Fsp3) is 0.312.